The summed E-state index contributed by atoms with van der Waals surface area (Å²) in [6.07, 6.45) is 4.32. The molecule has 0 unspecified atom stereocenters. The van der Waals surface area contributed by atoms with E-state index in [0.29, 0.717) is 10.6 Å². The maximum Gasteiger partial charge on any atom is 0.338 e. The van der Waals surface area contributed by atoms with Gasteiger partial charge in [-0.1, -0.05) is 24.4 Å². The molecule has 0 bridgehead atoms. The molecule has 0 heterocycles. The van der Waals surface area contributed by atoms with Crippen molar-refractivity contribution in [3.63, 3.8) is 0 Å². The third-order valence-electron chi connectivity index (χ3n) is 3.13. The van der Waals surface area contributed by atoms with Crippen molar-refractivity contribution in [1.82, 2.24) is 5.32 Å². The van der Waals surface area contributed by atoms with E-state index in [1.165, 1.54) is 0 Å². The molecule has 1 N–H and O–H groups in total. The number of hydrogen-bond acceptors (Lipinski definition) is 3. The maximum absolute atomic E-state index is 11.7. The second kappa shape index (κ2) is 6.57. The van der Waals surface area contributed by atoms with Crippen molar-refractivity contribution in [3.8, 4) is 0 Å². The number of hydrogen-bond donors (Lipinski definition) is 1. The zero-order valence-electron chi connectivity index (χ0n) is 10.5. The molecule has 1 amide bonds. The van der Waals surface area contributed by atoms with E-state index in [0.717, 1.165) is 25.7 Å². The number of amides is 1. The third kappa shape index (κ3) is 4.24. The summed E-state index contributed by atoms with van der Waals surface area (Å²) in [6.45, 7) is -0.238. The number of ether oxygens (including phenoxy) is 1. The van der Waals surface area contributed by atoms with Crippen molar-refractivity contribution in [2.45, 2.75) is 31.7 Å². The summed E-state index contributed by atoms with van der Waals surface area (Å²) in [5, 5.41) is 3.41. The van der Waals surface area contributed by atoms with Gasteiger partial charge in [-0.25, -0.2) is 4.79 Å². The minimum Gasteiger partial charge on any atom is -0.452 e. The van der Waals surface area contributed by atoms with Crippen LogP contribution in [-0.4, -0.2) is 24.5 Å². The fourth-order valence-corrected chi connectivity index (χ4v) is 2.27. The fraction of sp³-hybridized carbons (Fsp3) is 0.429. The summed E-state index contributed by atoms with van der Waals surface area (Å²) in [6, 6.07) is 6.59. The summed E-state index contributed by atoms with van der Waals surface area (Å²) in [5.74, 6) is -0.757. The predicted molar refractivity (Wildman–Crippen MR) is 72.1 cm³/mol. The lowest BCUT2D eigenvalue weighted by atomic mass is 10.2. The number of rotatable bonds is 4. The van der Waals surface area contributed by atoms with E-state index < -0.39 is 5.97 Å². The molecule has 0 radical (unpaired) electrons. The Hall–Kier alpha value is -1.55. The van der Waals surface area contributed by atoms with Gasteiger partial charge in [0.25, 0.3) is 5.91 Å². The molecule has 4 nitrogen and oxygen atoms in total. The summed E-state index contributed by atoms with van der Waals surface area (Å²) >= 11 is 5.72. The highest BCUT2D eigenvalue weighted by molar-refractivity contribution is 6.30. The second-order valence-corrected chi connectivity index (χ2v) is 5.07. The molecule has 1 fully saturated rings. The minimum atomic E-state index is -0.516. The molecule has 0 atom stereocenters. The van der Waals surface area contributed by atoms with Gasteiger partial charge in [0.2, 0.25) is 0 Å². The minimum absolute atomic E-state index is 0.238. The van der Waals surface area contributed by atoms with Crippen molar-refractivity contribution in [2.75, 3.05) is 6.61 Å². The zero-order valence-corrected chi connectivity index (χ0v) is 11.3. The molecule has 1 aliphatic rings. The Kier molecular flexibility index (Phi) is 4.80. The van der Waals surface area contributed by atoms with Gasteiger partial charge >= 0.3 is 5.97 Å². The number of carbonyl (C=O) groups is 2. The lowest BCUT2D eigenvalue weighted by Crippen LogP contribution is -2.35. The molecular weight excluding hydrogens is 266 g/mol. The molecular formula is C14H16ClNO3. The summed E-state index contributed by atoms with van der Waals surface area (Å²) < 4.78 is 4.95. The monoisotopic (exact) mass is 281 g/mol. The van der Waals surface area contributed by atoms with Crippen molar-refractivity contribution in [3.05, 3.63) is 34.9 Å². The molecule has 2 rings (SSSR count). The predicted octanol–water partition coefficient (Wildman–Crippen LogP) is 2.56. The van der Waals surface area contributed by atoms with E-state index in [9.17, 15) is 9.59 Å². The van der Waals surface area contributed by atoms with Crippen molar-refractivity contribution in [2.24, 2.45) is 0 Å². The smallest absolute Gasteiger partial charge is 0.338 e. The molecule has 102 valence electrons. The fourth-order valence-electron chi connectivity index (χ4n) is 2.14. The largest absolute Gasteiger partial charge is 0.452 e. The van der Waals surface area contributed by atoms with Crippen LogP contribution in [0.3, 0.4) is 0 Å². The quantitative estimate of drug-likeness (QED) is 0.863. The number of carbonyl (C=O) groups excluding carboxylic acids is 2. The molecule has 19 heavy (non-hydrogen) atoms. The van der Waals surface area contributed by atoms with Gasteiger partial charge < -0.3 is 10.1 Å². The lowest BCUT2D eigenvalue weighted by Gasteiger charge is -2.11. The molecule has 1 aromatic rings. The first-order chi connectivity index (χ1) is 9.15. The van der Waals surface area contributed by atoms with Gasteiger partial charge in [0.05, 0.1) is 5.56 Å². The van der Waals surface area contributed by atoms with E-state index in [1.54, 1.807) is 24.3 Å². The highest BCUT2D eigenvalue weighted by Gasteiger charge is 2.18. The van der Waals surface area contributed by atoms with Crippen LogP contribution in [0.5, 0.6) is 0 Å². The van der Waals surface area contributed by atoms with Crippen molar-refractivity contribution >= 4 is 23.5 Å². The lowest BCUT2D eigenvalue weighted by molar-refractivity contribution is -0.124. The summed E-state index contributed by atoms with van der Waals surface area (Å²) in [5.41, 5.74) is 0.387. The number of benzene rings is 1. The molecule has 1 saturated carbocycles. The van der Waals surface area contributed by atoms with Gasteiger partial charge in [-0.15, -0.1) is 0 Å². The normalized spacial score (nSPS) is 15.2. The molecule has 1 aromatic carbocycles. The number of halogens is 1. The van der Waals surface area contributed by atoms with Crippen LogP contribution in [0.1, 0.15) is 36.0 Å². The van der Waals surface area contributed by atoms with Crippen LogP contribution < -0.4 is 5.32 Å². The maximum atomic E-state index is 11.7. The van der Waals surface area contributed by atoms with Gasteiger partial charge in [-0.05, 0) is 37.1 Å². The van der Waals surface area contributed by atoms with Crippen LogP contribution in [0.15, 0.2) is 24.3 Å². The Morgan fingerprint density at radius 1 is 1.21 bits per heavy atom. The molecule has 0 aliphatic heterocycles. The third-order valence-corrected chi connectivity index (χ3v) is 3.39. The van der Waals surface area contributed by atoms with Crippen LogP contribution in [0.25, 0.3) is 0 Å². The first-order valence-corrected chi connectivity index (χ1v) is 6.75. The summed E-state index contributed by atoms with van der Waals surface area (Å²) in [4.78, 5) is 23.2. The Labute approximate surface area is 117 Å². The Morgan fingerprint density at radius 3 is 2.47 bits per heavy atom. The Balaban J connectivity index is 1.76. The van der Waals surface area contributed by atoms with Gasteiger partial charge in [-0.2, -0.15) is 0 Å². The summed E-state index contributed by atoms with van der Waals surface area (Å²) in [7, 11) is 0. The van der Waals surface area contributed by atoms with E-state index in [4.69, 9.17) is 16.3 Å². The van der Waals surface area contributed by atoms with Gasteiger partial charge in [0.1, 0.15) is 0 Å². The van der Waals surface area contributed by atoms with Crippen LogP contribution in [0.2, 0.25) is 5.02 Å². The standard InChI is InChI=1S/C14H16ClNO3/c15-11-7-5-10(6-8-11)14(18)19-9-13(17)16-12-3-1-2-4-12/h5-8,12H,1-4,9H2,(H,16,17). The second-order valence-electron chi connectivity index (χ2n) is 4.63. The highest BCUT2D eigenvalue weighted by atomic mass is 35.5. The first kappa shape index (κ1) is 13.9. The van der Waals surface area contributed by atoms with Gasteiger partial charge in [-0.3, -0.25) is 4.79 Å². The van der Waals surface area contributed by atoms with Crippen LogP contribution in [0, 0.1) is 0 Å². The van der Waals surface area contributed by atoms with Crippen molar-refractivity contribution < 1.29 is 14.3 Å². The zero-order chi connectivity index (χ0) is 13.7. The van der Waals surface area contributed by atoms with E-state index in [1.807, 2.05) is 0 Å². The SMILES string of the molecule is O=C(COC(=O)c1ccc(Cl)cc1)NC1CCCC1. The van der Waals surface area contributed by atoms with Crippen molar-refractivity contribution in [1.29, 1.82) is 0 Å². The average molecular weight is 282 g/mol. The Bertz CT molecular complexity index is 452. The average Bonchev–Trinajstić information content (AvgIpc) is 2.89. The number of esters is 1. The topological polar surface area (TPSA) is 55.4 Å². The highest BCUT2D eigenvalue weighted by Crippen LogP contribution is 2.17. The van der Waals surface area contributed by atoms with E-state index in [2.05, 4.69) is 5.32 Å². The number of nitrogens with one attached hydrogen (secondary N) is 1. The van der Waals surface area contributed by atoms with Crippen LogP contribution >= 0.6 is 11.6 Å². The molecule has 0 spiro atoms. The molecule has 0 aromatic heterocycles. The first-order valence-electron chi connectivity index (χ1n) is 6.37. The molecule has 0 saturated heterocycles. The van der Waals surface area contributed by atoms with Crippen LogP contribution in [0.4, 0.5) is 0 Å². The van der Waals surface area contributed by atoms with E-state index in [-0.39, 0.29) is 18.6 Å². The molecule has 5 heteroatoms. The Morgan fingerprint density at radius 2 is 1.84 bits per heavy atom. The van der Waals surface area contributed by atoms with Gasteiger partial charge in [0.15, 0.2) is 6.61 Å². The molecule has 1 aliphatic carbocycles. The van der Waals surface area contributed by atoms with Gasteiger partial charge in [0, 0.05) is 11.1 Å². The van der Waals surface area contributed by atoms with E-state index >= 15 is 0 Å². The van der Waals surface area contributed by atoms with Crippen LogP contribution in [-0.2, 0) is 9.53 Å².